The van der Waals surface area contributed by atoms with Crippen LogP contribution in [0.3, 0.4) is 0 Å². The lowest BCUT2D eigenvalue weighted by molar-refractivity contribution is -0.160. The molecule has 6 atom stereocenters. The van der Waals surface area contributed by atoms with E-state index in [-0.39, 0.29) is 50.4 Å². The third-order valence-corrected chi connectivity index (χ3v) is 9.89. The van der Waals surface area contributed by atoms with E-state index >= 15 is 0 Å². The molecule has 2 bridgehead atoms. The van der Waals surface area contributed by atoms with Crippen LogP contribution in [0.4, 0.5) is 5.69 Å². The number of carbonyl (C=O) groups is 4. The minimum Gasteiger partial charge on any atom is -0.455 e. The Morgan fingerprint density at radius 1 is 1.10 bits per heavy atom. The largest absolute Gasteiger partial charge is 0.455 e. The summed E-state index contributed by atoms with van der Waals surface area (Å²) in [4.78, 5) is 58.8. The van der Waals surface area contributed by atoms with E-state index in [4.69, 9.17) is 21.1 Å². The molecule has 3 fully saturated rings. The highest BCUT2D eigenvalue weighted by Crippen LogP contribution is 2.59. The van der Waals surface area contributed by atoms with Gasteiger partial charge in [-0.3, -0.25) is 19.2 Å². The van der Waals surface area contributed by atoms with Crippen molar-refractivity contribution in [2.75, 3.05) is 31.1 Å². The number of hydrogen-bond donors (Lipinski definition) is 2. The summed E-state index contributed by atoms with van der Waals surface area (Å²) < 4.78 is 12.7. The Kier molecular flexibility index (Phi) is 11.7. The molecule has 0 unspecified atom stereocenters. The summed E-state index contributed by atoms with van der Waals surface area (Å²) in [6.45, 7) is 8.00. The fourth-order valence-corrected chi connectivity index (χ4v) is 7.65. The van der Waals surface area contributed by atoms with Gasteiger partial charge in [0.1, 0.15) is 17.7 Å². The van der Waals surface area contributed by atoms with Crippen LogP contribution in [0.2, 0.25) is 5.02 Å². The minimum absolute atomic E-state index is 0.0263. The summed E-state index contributed by atoms with van der Waals surface area (Å²) in [5.74, 6) is -3.34. The summed E-state index contributed by atoms with van der Waals surface area (Å²) in [6, 6.07) is 15.1. The van der Waals surface area contributed by atoms with Gasteiger partial charge in [-0.2, -0.15) is 0 Å². The topological polar surface area (TPSA) is 125 Å². The van der Waals surface area contributed by atoms with E-state index in [1.165, 1.54) is 4.90 Å². The molecule has 2 aromatic rings. The molecule has 0 aromatic heterocycles. The van der Waals surface area contributed by atoms with Gasteiger partial charge >= 0.3 is 5.97 Å². The number of esters is 1. The Balaban J connectivity index is 1.45. The number of hydrogen-bond acceptors (Lipinski definition) is 7. The predicted molar refractivity (Wildman–Crippen MR) is 182 cm³/mol. The molecular formula is C37H44ClN3O7. The molecule has 11 heteroatoms. The smallest absolute Gasteiger partial charge is 0.313 e. The number of carbonyl (C=O) groups excluding carboxylic acids is 4. The number of nitrogens with zero attached hydrogens (tertiary/aromatic N) is 2. The number of halogens is 1. The zero-order valence-corrected chi connectivity index (χ0v) is 27.9. The molecule has 0 aliphatic carbocycles. The maximum Gasteiger partial charge on any atom is 0.313 e. The summed E-state index contributed by atoms with van der Waals surface area (Å²) in [5.41, 5.74) is -0.0489. The van der Waals surface area contributed by atoms with Crippen molar-refractivity contribution < 1.29 is 33.8 Å². The lowest BCUT2D eigenvalue weighted by Crippen LogP contribution is -2.56. The predicted octanol–water partition coefficient (Wildman–Crippen LogP) is 4.76. The van der Waals surface area contributed by atoms with Crippen LogP contribution in [-0.4, -0.2) is 77.7 Å². The monoisotopic (exact) mass is 677 g/mol. The van der Waals surface area contributed by atoms with Gasteiger partial charge in [0.2, 0.25) is 11.8 Å². The van der Waals surface area contributed by atoms with Gasteiger partial charge in [0.05, 0.1) is 35.2 Å². The Morgan fingerprint density at radius 2 is 1.85 bits per heavy atom. The van der Waals surface area contributed by atoms with Gasteiger partial charge in [-0.1, -0.05) is 66.2 Å². The van der Waals surface area contributed by atoms with Crippen LogP contribution in [0.15, 0.2) is 79.9 Å². The van der Waals surface area contributed by atoms with Gasteiger partial charge in [-0.25, -0.2) is 0 Å². The fourth-order valence-electron chi connectivity index (χ4n) is 7.41. The Bertz CT molecular complexity index is 1500. The second-order valence-electron chi connectivity index (χ2n) is 12.5. The molecule has 256 valence electrons. The lowest BCUT2D eigenvalue weighted by atomic mass is 9.70. The maximum absolute atomic E-state index is 14.7. The lowest BCUT2D eigenvalue weighted by Gasteiger charge is -2.37. The summed E-state index contributed by atoms with van der Waals surface area (Å²) in [7, 11) is 0. The maximum atomic E-state index is 14.7. The number of aliphatic hydroxyl groups excluding tert-OH is 1. The highest BCUT2D eigenvalue weighted by atomic mass is 35.5. The SMILES string of the molecule is C=CCCC(=O)NC[C@H](OC(=O)[C@@H]1[C@@H]2CC[C@]3(O2)[C@H](C(=O)N(CC=C)c2ccccc2Cl)N(CCCCCO)C(=O)[C@@H]13)c1ccccc1. The third kappa shape index (κ3) is 7.06. The molecule has 2 N–H and O–H groups in total. The zero-order valence-electron chi connectivity index (χ0n) is 27.1. The van der Waals surface area contributed by atoms with Gasteiger partial charge in [0, 0.05) is 26.1 Å². The number of ether oxygens (including phenoxy) is 2. The number of amides is 3. The van der Waals surface area contributed by atoms with Crippen molar-refractivity contribution in [1.29, 1.82) is 0 Å². The number of allylic oxidation sites excluding steroid dienone is 1. The molecule has 0 saturated carbocycles. The Hall–Kier alpha value is -3.99. The first-order valence-corrected chi connectivity index (χ1v) is 17.0. The molecule has 10 nitrogen and oxygen atoms in total. The zero-order chi connectivity index (χ0) is 34.3. The number of benzene rings is 2. The van der Waals surface area contributed by atoms with Crippen LogP contribution in [0.25, 0.3) is 0 Å². The average Bonchev–Trinajstić information content (AvgIpc) is 3.74. The molecule has 3 heterocycles. The van der Waals surface area contributed by atoms with E-state index in [1.54, 1.807) is 41.3 Å². The van der Waals surface area contributed by atoms with Crippen molar-refractivity contribution in [2.45, 2.75) is 68.8 Å². The molecule has 3 saturated heterocycles. The Labute approximate surface area is 286 Å². The third-order valence-electron chi connectivity index (χ3n) is 9.57. The number of fused-ring (bicyclic) bond motifs is 1. The average molecular weight is 678 g/mol. The number of anilines is 1. The molecule has 5 rings (SSSR count). The summed E-state index contributed by atoms with van der Waals surface area (Å²) in [6.07, 6.45) is 5.33. The fraction of sp³-hybridized carbons (Fsp3) is 0.459. The molecule has 0 radical (unpaired) electrons. The van der Waals surface area contributed by atoms with Crippen molar-refractivity contribution in [2.24, 2.45) is 11.8 Å². The Morgan fingerprint density at radius 3 is 2.56 bits per heavy atom. The van der Waals surface area contributed by atoms with Gasteiger partial charge in [0.25, 0.3) is 5.91 Å². The van der Waals surface area contributed by atoms with E-state index in [0.29, 0.717) is 54.8 Å². The van der Waals surface area contributed by atoms with Crippen LogP contribution in [0.1, 0.15) is 56.6 Å². The molecule has 1 spiro atoms. The van der Waals surface area contributed by atoms with Gasteiger partial charge in [0.15, 0.2) is 0 Å². The standard InChI is InChI=1S/C37H44ClN3O7/c1-3-5-18-30(43)39-24-29(25-14-8-6-9-15-25)47-36(46)31-28-19-20-37(48-28)32(31)34(44)41(22-12-7-13-23-42)33(37)35(45)40(21-4-2)27-17-11-10-16-26(27)38/h3-4,6,8-11,14-17,28-29,31-33,42H,1-2,5,7,12-13,18-24H2,(H,39,43)/t28-,29-,31+,32+,33-,37+/m0/s1. The van der Waals surface area contributed by atoms with Gasteiger partial charge in [-0.15, -0.1) is 13.2 Å². The quantitative estimate of drug-likeness (QED) is 0.141. The number of nitrogens with one attached hydrogen (secondary N) is 1. The van der Waals surface area contributed by atoms with Crippen LogP contribution in [-0.2, 0) is 28.7 Å². The van der Waals surface area contributed by atoms with Gasteiger partial charge in [-0.05, 0) is 56.2 Å². The number of likely N-dealkylation sites (tertiary alicyclic amines) is 1. The first-order valence-electron chi connectivity index (χ1n) is 16.7. The highest BCUT2D eigenvalue weighted by molar-refractivity contribution is 6.34. The second-order valence-corrected chi connectivity index (χ2v) is 12.9. The van der Waals surface area contributed by atoms with Gasteiger partial charge < -0.3 is 29.7 Å². The van der Waals surface area contributed by atoms with Crippen LogP contribution in [0, 0.1) is 11.8 Å². The molecular weight excluding hydrogens is 634 g/mol. The normalized spacial score (nSPS) is 24.5. The van der Waals surface area contributed by atoms with Crippen molar-refractivity contribution in [3.8, 4) is 0 Å². The molecule has 48 heavy (non-hydrogen) atoms. The first kappa shape index (κ1) is 35.3. The number of unbranched alkanes of at least 4 members (excludes halogenated alkanes) is 2. The van der Waals surface area contributed by atoms with Crippen LogP contribution >= 0.6 is 11.6 Å². The number of para-hydroxylation sites is 1. The highest BCUT2D eigenvalue weighted by Gasteiger charge is 2.75. The van der Waals surface area contributed by atoms with Crippen molar-refractivity contribution in [3.63, 3.8) is 0 Å². The van der Waals surface area contributed by atoms with E-state index in [9.17, 15) is 24.3 Å². The minimum atomic E-state index is -1.23. The van der Waals surface area contributed by atoms with Crippen molar-refractivity contribution in [3.05, 3.63) is 90.5 Å². The molecule has 3 aliphatic rings. The van der Waals surface area contributed by atoms with E-state index in [0.717, 1.165) is 0 Å². The number of aliphatic hydroxyl groups is 1. The molecule has 3 amide bonds. The molecule has 3 aliphatic heterocycles. The summed E-state index contributed by atoms with van der Waals surface area (Å²) >= 11 is 6.56. The van der Waals surface area contributed by atoms with Crippen LogP contribution < -0.4 is 10.2 Å². The molecule has 2 aromatic carbocycles. The van der Waals surface area contributed by atoms with Crippen molar-refractivity contribution >= 4 is 41.0 Å². The van der Waals surface area contributed by atoms with E-state index in [2.05, 4.69) is 18.5 Å². The first-order chi connectivity index (χ1) is 23.3. The second kappa shape index (κ2) is 15.9. The van der Waals surface area contributed by atoms with E-state index in [1.807, 2.05) is 30.3 Å². The van der Waals surface area contributed by atoms with E-state index < -0.39 is 41.7 Å². The van der Waals surface area contributed by atoms with Crippen LogP contribution in [0.5, 0.6) is 0 Å². The summed E-state index contributed by atoms with van der Waals surface area (Å²) in [5, 5.41) is 12.6. The number of rotatable bonds is 17. The van der Waals surface area contributed by atoms with Crippen molar-refractivity contribution in [1.82, 2.24) is 10.2 Å².